The summed E-state index contributed by atoms with van der Waals surface area (Å²) in [4.78, 5) is 44.7. The number of nitrogens with one attached hydrogen (secondary N) is 1. The van der Waals surface area contributed by atoms with Crippen LogP contribution < -0.4 is 11.1 Å². The maximum Gasteiger partial charge on any atom is 0.239 e. The van der Waals surface area contributed by atoms with Crippen molar-refractivity contribution in [2.45, 2.75) is 140 Å². The van der Waals surface area contributed by atoms with Gasteiger partial charge in [-0.3, -0.25) is 14.4 Å². The number of carbonyl (C=O) groups is 3. The lowest BCUT2D eigenvalue weighted by atomic mass is 9.89. The Bertz CT molecular complexity index is 1320. The molecule has 3 rings (SSSR count). The van der Waals surface area contributed by atoms with Crippen molar-refractivity contribution in [1.82, 2.24) is 15.1 Å². The number of rotatable bonds is 19. The fraction of sp³-hybridized carbons (Fsp3) is 0.769. The maximum atomic E-state index is 14.1. The molecule has 12 unspecified atom stereocenters. The number of aliphatic hydroxyl groups excluding tert-OH is 4. The first-order chi connectivity index (χ1) is 25.5. The fourth-order valence-electron chi connectivity index (χ4n) is 7.71. The summed E-state index contributed by atoms with van der Waals surface area (Å²) in [5.41, 5.74) is 6.89. The molecule has 54 heavy (non-hydrogen) atoms. The van der Waals surface area contributed by atoms with Gasteiger partial charge in [0.05, 0.1) is 55.3 Å². The number of likely N-dealkylation sites (tertiary alicyclic amines) is 1. The van der Waals surface area contributed by atoms with Gasteiger partial charge in [0.25, 0.3) is 0 Å². The van der Waals surface area contributed by atoms with Gasteiger partial charge in [0.1, 0.15) is 30.5 Å². The topological polar surface area (TPSA) is 214 Å². The van der Waals surface area contributed by atoms with Crippen LogP contribution >= 0.6 is 0 Å². The average Bonchev–Trinajstić information content (AvgIpc) is 3.65. The van der Waals surface area contributed by atoms with Crippen LogP contribution in [0.2, 0.25) is 0 Å². The van der Waals surface area contributed by atoms with E-state index >= 15 is 0 Å². The molecule has 15 nitrogen and oxygen atoms in total. The molecular formula is C39H66N4O11. The minimum absolute atomic E-state index is 0.0206. The Hall–Kier alpha value is -2.73. The van der Waals surface area contributed by atoms with Crippen LogP contribution in [0.25, 0.3) is 0 Å². The van der Waals surface area contributed by atoms with E-state index < -0.39 is 85.7 Å². The zero-order valence-electron chi connectivity index (χ0n) is 33.4. The van der Waals surface area contributed by atoms with Crippen molar-refractivity contribution in [2.75, 3.05) is 34.4 Å². The molecule has 0 spiro atoms. The molecule has 0 saturated carbocycles. The number of amides is 3. The SMILES string of the molecule is CCC(C)C(C(CC(=O)N1CCCC1C(OC)C(C)C(=O)NC(C)C(O[C@@H]1O[C@H](CO)C(O)C(O)C1O)c1ccccc1)OC)N(C)C(=O)C(N)C(C)C. The summed E-state index contributed by atoms with van der Waals surface area (Å²) in [6.45, 7) is 11.2. The van der Waals surface area contributed by atoms with Crippen LogP contribution in [0.5, 0.6) is 0 Å². The highest BCUT2D eigenvalue weighted by Crippen LogP contribution is 2.32. The van der Waals surface area contributed by atoms with Gasteiger partial charge in [-0.2, -0.15) is 0 Å². The number of carbonyl (C=O) groups excluding carboxylic acids is 3. The first-order valence-electron chi connectivity index (χ1n) is 19.2. The van der Waals surface area contributed by atoms with Crippen LogP contribution in [0.3, 0.4) is 0 Å². The van der Waals surface area contributed by atoms with Crippen LogP contribution in [-0.4, -0.2) is 149 Å². The smallest absolute Gasteiger partial charge is 0.239 e. The van der Waals surface area contributed by atoms with E-state index in [2.05, 4.69) is 5.32 Å². The number of likely N-dealkylation sites (N-methyl/N-ethyl adjacent to an activating group) is 1. The number of hydrogen-bond donors (Lipinski definition) is 6. The number of aliphatic hydroxyl groups is 4. The van der Waals surface area contributed by atoms with Gasteiger partial charge in [-0.1, -0.05) is 71.4 Å². The van der Waals surface area contributed by atoms with Crippen LogP contribution in [0.1, 0.15) is 78.9 Å². The van der Waals surface area contributed by atoms with E-state index in [1.165, 1.54) is 7.11 Å². The summed E-state index contributed by atoms with van der Waals surface area (Å²) in [5, 5.41) is 44.0. The molecule has 2 aliphatic rings. The maximum absolute atomic E-state index is 14.1. The molecule has 2 fully saturated rings. The second-order valence-corrected chi connectivity index (χ2v) is 15.3. The Balaban J connectivity index is 1.78. The summed E-state index contributed by atoms with van der Waals surface area (Å²) < 4.78 is 23.7. The number of hydrogen-bond acceptors (Lipinski definition) is 12. The highest BCUT2D eigenvalue weighted by atomic mass is 16.7. The van der Waals surface area contributed by atoms with Gasteiger partial charge < -0.3 is 60.2 Å². The Labute approximate surface area is 320 Å². The Morgan fingerprint density at radius 2 is 1.67 bits per heavy atom. The predicted molar refractivity (Wildman–Crippen MR) is 201 cm³/mol. The third-order valence-electron chi connectivity index (χ3n) is 11.3. The van der Waals surface area contributed by atoms with Gasteiger partial charge in [-0.15, -0.1) is 0 Å². The highest BCUT2D eigenvalue weighted by Gasteiger charge is 2.46. The van der Waals surface area contributed by atoms with Crippen molar-refractivity contribution in [1.29, 1.82) is 0 Å². The van der Waals surface area contributed by atoms with Crippen LogP contribution in [0.4, 0.5) is 0 Å². The molecule has 1 aromatic rings. The molecule has 308 valence electrons. The number of ether oxygens (including phenoxy) is 4. The van der Waals surface area contributed by atoms with Gasteiger partial charge in [0.2, 0.25) is 17.7 Å². The average molecular weight is 767 g/mol. The van der Waals surface area contributed by atoms with Crippen molar-refractivity contribution in [2.24, 2.45) is 23.5 Å². The predicted octanol–water partition coefficient (Wildman–Crippen LogP) is 0.953. The summed E-state index contributed by atoms with van der Waals surface area (Å²) in [6, 6.07) is 6.79. The lowest BCUT2D eigenvalue weighted by molar-refractivity contribution is -0.314. The number of nitrogens with zero attached hydrogens (tertiary/aromatic N) is 2. The third-order valence-corrected chi connectivity index (χ3v) is 11.3. The monoisotopic (exact) mass is 766 g/mol. The van der Waals surface area contributed by atoms with Crippen molar-refractivity contribution in [3.8, 4) is 0 Å². The van der Waals surface area contributed by atoms with E-state index in [4.69, 9.17) is 24.7 Å². The van der Waals surface area contributed by atoms with Gasteiger partial charge in [0.15, 0.2) is 6.29 Å². The highest BCUT2D eigenvalue weighted by molar-refractivity contribution is 5.83. The summed E-state index contributed by atoms with van der Waals surface area (Å²) in [6.07, 6.45) is -7.40. The molecule has 3 amide bonds. The molecule has 1 aromatic carbocycles. The van der Waals surface area contributed by atoms with E-state index in [1.807, 2.05) is 33.8 Å². The minimum Gasteiger partial charge on any atom is -0.394 e. The van der Waals surface area contributed by atoms with Gasteiger partial charge >= 0.3 is 0 Å². The normalized spacial score (nSPS) is 27.7. The molecule has 0 radical (unpaired) electrons. The second-order valence-electron chi connectivity index (χ2n) is 15.3. The van der Waals surface area contributed by atoms with Gasteiger partial charge in [-0.05, 0) is 37.2 Å². The molecule has 0 aromatic heterocycles. The summed E-state index contributed by atoms with van der Waals surface area (Å²) in [5.74, 6) is -1.48. The fourth-order valence-corrected chi connectivity index (χ4v) is 7.71. The molecule has 2 heterocycles. The molecule has 15 heteroatoms. The zero-order chi connectivity index (χ0) is 40.4. The van der Waals surface area contributed by atoms with Gasteiger partial charge in [-0.25, -0.2) is 0 Å². The first-order valence-corrected chi connectivity index (χ1v) is 19.2. The number of benzene rings is 1. The van der Waals surface area contributed by atoms with E-state index in [9.17, 15) is 34.8 Å². The molecule has 7 N–H and O–H groups in total. The standard InChI is InChI=1S/C39H66N4O11/c1-10-22(4)31(42(7)38(50)30(40)21(2)3)27(51-8)19-29(45)43-18-14-17-26(43)35(52-9)23(5)37(49)41-24(6)36(25-15-12-11-13-16-25)54-39-34(48)33(47)32(46)28(20-44)53-39/h11-13,15-16,21-24,26-28,30-36,39,44,46-48H,10,14,17-20,40H2,1-9H3,(H,41,49)/t22?,23?,24?,26?,27?,28-,30?,31?,32?,33?,34?,35?,36?,39+/m1/s1. The molecule has 2 aliphatic heterocycles. The Kier molecular flexibility index (Phi) is 17.7. The second kappa shape index (κ2) is 21.0. The zero-order valence-corrected chi connectivity index (χ0v) is 33.4. The number of methoxy groups -OCH3 is 2. The molecule has 0 bridgehead atoms. The summed E-state index contributed by atoms with van der Waals surface area (Å²) >= 11 is 0. The Morgan fingerprint density at radius 3 is 2.22 bits per heavy atom. The quantitative estimate of drug-likeness (QED) is 0.116. The number of nitrogens with two attached hydrogens (primary N) is 1. The minimum atomic E-state index is -1.63. The Morgan fingerprint density at radius 1 is 1.02 bits per heavy atom. The van der Waals surface area contributed by atoms with E-state index in [-0.39, 0.29) is 36.0 Å². The largest absolute Gasteiger partial charge is 0.394 e. The van der Waals surface area contributed by atoms with Crippen molar-refractivity contribution < 1.29 is 53.8 Å². The van der Waals surface area contributed by atoms with Crippen LogP contribution in [0, 0.1) is 17.8 Å². The van der Waals surface area contributed by atoms with Gasteiger partial charge in [0, 0.05) is 27.8 Å². The first kappa shape index (κ1) is 45.7. The third kappa shape index (κ3) is 10.8. The molecule has 2 saturated heterocycles. The van der Waals surface area contributed by atoms with Crippen molar-refractivity contribution in [3.63, 3.8) is 0 Å². The lowest BCUT2D eigenvalue weighted by Crippen LogP contribution is -2.59. The molecular weight excluding hydrogens is 700 g/mol. The van der Waals surface area contributed by atoms with Crippen LogP contribution in [0.15, 0.2) is 30.3 Å². The van der Waals surface area contributed by atoms with E-state index in [1.54, 1.807) is 62.1 Å². The van der Waals surface area contributed by atoms with Crippen LogP contribution in [-0.2, 0) is 33.3 Å². The van der Waals surface area contributed by atoms with Crippen molar-refractivity contribution >= 4 is 17.7 Å². The lowest BCUT2D eigenvalue weighted by Gasteiger charge is -2.42. The molecule has 14 atom stereocenters. The molecule has 0 aliphatic carbocycles. The van der Waals surface area contributed by atoms with E-state index in [0.717, 1.165) is 12.8 Å². The van der Waals surface area contributed by atoms with E-state index in [0.29, 0.717) is 18.5 Å². The summed E-state index contributed by atoms with van der Waals surface area (Å²) in [7, 11) is 4.78. The van der Waals surface area contributed by atoms with Crippen molar-refractivity contribution in [3.05, 3.63) is 35.9 Å².